The summed E-state index contributed by atoms with van der Waals surface area (Å²) in [5, 5.41) is 6.26. The number of carbonyl (C=O) groups excluding carboxylic acids is 2. The Bertz CT molecular complexity index is 452. The van der Waals surface area contributed by atoms with Gasteiger partial charge in [0.25, 0.3) is 0 Å². The maximum atomic E-state index is 12.1. The first-order chi connectivity index (χ1) is 13.0. The average Bonchev–Trinajstić information content (AvgIpc) is 2.68. The molecule has 2 aliphatic carbocycles. The SMILES string of the molecule is CCCOC(=O)NC1CCC(CC2CCC(NC(=O)C(C)CC)CC2)CC1. The zero-order valence-corrected chi connectivity index (χ0v) is 17.6. The van der Waals surface area contributed by atoms with Crippen LogP contribution in [0.4, 0.5) is 4.79 Å². The zero-order valence-electron chi connectivity index (χ0n) is 17.6. The topological polar surface area (TPSA) is 67.4 Å². The summed E-state index contributed by atoms with van der Waals surface area (Å²) in [6, 6.07) is 0.675. The highest BCUT2D eigenvalue weighted by Crippen LogP contribution is 2.35. The summed E-state index contributed by atoms with van der Waals surface area (Å²) < 4.78 is 5.12. The third kappa shape index (κ3) is 7.71. The Kier molecular flexibility index (Phi) is 9.43. The van der Waals surface area contributed by atoms with Gasteiger partial charge in [0.2, 0.25) is 5.91 Å². The van der Waals surface area contributed by atoms with Gasteiger partial charge in [0, 0.05) is 18.0 Å². The van der Waals surface area contributed by atoms with Crippen molar-refractivity contribution in [3.8, 4) is 0 Å². The molecule has 2 rings (SSSR count). The Balaban J connectivity index is 1.60. The Labute approximate surface area is 165 Å². The van der Waals surface area contributed by atoms with Crippen LogP contribution in [-0.4, -0.2) is 30.7 Å². The van der Waals surface area contributed by atoms with Crippen molar-refractivity contribution in [1.82, 2.24) is 10.6 Å². The van der Waals surface area contributed by atoms with Gasteiger partial charge in [-0.05, 0) is 82.5 Å². The number of rotatable bonds is 8. The highest BCUT2D eigenvalue weighted by molar-refractivity contribution is 5.78. The molecule has 1 atom stereocenters. The normalized spacial score (nSPS) is 29.6. The van der Waals surface area contributed by atoms with Gasteiger partial charge in [0.05, 0.1) is 6.61 Å². The molecule has 5 nitrogen and oxygen atoms in total. The van der Waals surface area contributed by atoms with E-state index in [0.717, 1.165) is 50.4 Å². The largest absolute Gasteiger partial charge is 0.450 e. The first-order valence-corrected chi connectivity index (χ1v) is 11.2. The molecule has 0 aromatic heterocycles. The summed E-state index contributed by atoms with van der Waals surface area (Å²) in [6.45, 7) is 6.59. The lowest BCUT2D eigenvalue weighted by atomic mass is 9.75. The fraction of sp³-hybridized carbons (Fsp3) is 0.909. The minimum atomic E-state index is -0.252. The Hall–Kier alpha value is -1.26. The molecule has 2 saturated carbocycles. The van der Waals surface area contributed by atoms with Crippen molar-refractivity contribution in [3.05, 3.63) is 0 Å². The van der Waals surface area contributed by atoms with Crippen LogP contribution in [0.25, 0.3) is 0 Å². The molecule has 0 saturated heterocycles. The molecule has 2 aliphatic rings. The van der Waals surface area contributed by atoms with E-state index in [1.165, 1.54) is 32.1 Å². The molecule has 1 unspecified atom stereocenters. The van der Waals surface area contributed by atoms with Gasteiger partial charge in [0.1, 0.15) is 0 Å². The minimum Gasteiger partial charge on any atom is -0.450 e. The van der Waals surface area contributed by atoms with Crippen LogP contribution in [0.15, 0.2) is 0 Å². The summed E-state index contributed by atoms with van der Waals surface area (Å²) in [4.78, 5) is 23.7. The fourth-order valence-electron chi connectivity index (χ4n) is 4.49. The van der Waals surface area contributed by atoms with Crippen molar-refractivity contribution >= 4 is 12.0 Å². The summed E-state index contributed by atoms with van der Waals surface area (Å²) in [6.07, 6.45) is 12.2. The molecule has 0 aromatic rings. The van der Waals surface area contributed by atoms with E-state index in [1.54, 1.807) is 0 Å². The highest BCUT2D eigenvalue weighted by Gasteiger charge is 2.28. The standard InChI is InChI=1S/C22H40N2O3/c1-4-14-27-22(26)24-20-12-8-18(9-13-20)15-17-6-10-19(11-7-17)23-21(25)16(3)5-2/h16-20H,4-15H2,1-3H3,(H,23,25)(H,24,26). The van der Waals surface area contributed by atoms with Gasteiger partial charge in [-0.3, -0.25) is 4.79 Å². The zero-order chi connectivity index (χ0) is 19.6. The maximum Gasteiger partial charge on any atom is 0.407 e. The second-order valence-corrected chi connectivity index (χ2v) is 8.77. The molecule has 2 amide bonds. The third-order valence-electron chi connectivity index (χ3n) is 6.53. The van der Waals surface area contributed by atoms with E-state index in [-0.39, 0.29) is 24.0 Å². The Morgan fingerprint density at radius 3 is 1.89 bits per heavy atom. The van der Waals surface area contributed by atoms with E-state index in [4.69, 9.17) is 4.74 Å². The van der Waals surface area contributed by atoms with Gasteiger partial charge in [0.15, 0.2) is 0 Å². The van der Waals surface area contributed by atoms with E-state index < -0.39 is 0 Å². The fourth-order valence-corrected chi connectivity index (χ4v) is 4.49. The van der Waals surface area contributed by atoms with Gasteiger partial charge < -0.3 is 15.4 Å². The second-order valence-electron chi connectivity index (χ2n) is 8.77. The van der Waals surface area contributed by atoms with E-state index >= 15 is 0 Å². The van der Waals surface area contributed by atoms with Crippen LogP contribution in [-0.2, 0) is 9.53 Å². The number of amides is 2. The van der Waals surface area contributed by atoms with Crippen molar-refractivity contribution in [2.75, 3.05) is 6.61 Å². The number of hydrogen-bond acceptors (Lipinski definition) is 3. The summed E-state index contributed by atoms with van der Waals surface area (Å²) in [7, 11) is 0. The average molecular weight is 381 g/mol. The number of ether oxygens (including phenoxy) is 1. The van der Waals surface area contributed by atoms with Gasteiger partial charge in [-0.15, -0.1) is 0 Å². The van der Waals surface area contributed by atoms with Gasteiger partial charge in [-0.1, -0.05) is 20.8 Å². The molecule has 0 aromatic carbocycles. The smallest absolute Gasteiger partial charge is 0.407 e. The van der Waals surface area contributed by atoms with Crippen molar-refractivity contribution in [2.24, 2.45) is 17.8 Å². The van der Waals surface area contributed by atoms with Gasteiger partial charge in [-0.2, -0.15) is 0 Å². The molecule has 0 aliphatic heterocycles. The van der Waals surface area contributed by atoms with Crippen LogP contribution in [0.2, 0.25) is 0 Å². The molecule has 0 radical (unpaired) electrons. The van der Waals surface area contributed by atoms with E-state index in [2.05, 4.69) is 17.6 Å². The molecule has 0 heterocycles. The molecular formula is C22H40N2O3. The van der Waals surface area contributed by atoms with Crippen LogP contribution in [0.3, 0.4) is 0 Å². The van der Waals surface area contributed by atoms with Crippen LogP contribution in [0.1, 0.15) is 91.4 Å². The van der Waals surface area contributed by atoms with Crippen LogP contribution in [0.5, 0.6) is 0 Å². The molecular weight excluding hydrogens is 340 g/mol. The Morgan fingerprint density at radius 2 is 1.41 bits per heavy atom. The number of alkyl carbamates (subject to hydrolysis) is 1. The van der Waals surface area contributed by atoms with Crippen molar-refractivity contribution in [1.29, 1.82) is 0 Å². The lowest BCUT2D eigenvalue weighted by Crippen LogP contribution is -2.40. The lowest BCUT2D eigenvalue weighted by Gasteiger charge is -2.34. The quantitative estimate of drug-likeness (QED) is 0.636. The predicted octanol–water partition coefficient (Wildman–Crippen LogP) is 4.79. The first kappa shape index (κ1) is 22.0. The summed E-state index contributed by atoms with van der Waals surface area (Å²) in [5.41, 5.74) is 0. The third-order valence-corrected chi connectivity index (χ3v) is 6.53. The van der Waals surface area contributed by atoms with Crippen LogP contribution < -0.4 is 10.6 Å². The summed E-state index contributed by atoms with van der Waals surface area (Å²) in [5.74, 6) is 1.96. The van der Waals surface area contributed by atoms with E-state index in [0.29, 0.717) is 12.6 Å². The predicted molar refractivity (Wildman–Crippen MR) is 108 cm³/mol. The van der Waals surface area contributed by atoms with Gasteiger partial charge in [-0.25, -0.2) is 4.79 Å². The summed E-state index contributed by atoms with van der Waals surface area (Å²) >= 11 is 0. The van der Waals surface area contributed by atoms with E-state index in [1.807, 2.05) is 13.8 Å². The van der Waals surface area contributed by atoms with Crippen molar-refractivity contribution in [2.45, 2.75) is 103 Å². The number of hydrogen-bond donors (Lipinski definition) is 2. The molecule has 156 valence electrons. The van der Waals surface area contributed by atoms with Crippen molar-refractivity contribution in [3.63, 3.8) is 0 Å². The molecule has 27 heavy (non-hydrogen) atoms. The first-order valence-electron chi connectivity index (χ1n) is 11.2. The molecule has 0 spiro atoms. The highest BCUT2D eigenvalue weighted by atomic mass is 16.5. The van der Waals surface area contributed by atoms with Crippen LogP contribution >= 0.6 is 0 Å². The minimum absolute atomic E-state index is 0.130. The molecule has 2 fully saturated rings. The van der Waals surface area contributed by atoms with Gasteiger partial charge >= 0.3 is 6.09 Å². The van der Waals surface area contributed by atoms with Crippen molar-refractivity contribution < 1.29 is 14.3 Å². The monoisotopic (exact) mass is 380 g/mol. The van der Waals surface area contributed by atoms with E-state index in [9.17, 15) is 9.59 Å². The Morgan fingerprint density at radius 1 is 0.889 bits per heavy atom. The molecule has 2 N–H and O–H groups in total. The van der Waals surface area contributed by atoms with Crippen LogP contribution in [0, 0.1) is 17.8 Å². The molecule has 5 heteroatoms. The maximum absolute atomic E-state index is 12.1. The number of carbonyl (C=O) groups is 2. The number of nitrogens with one attached hydrogen (secondary N) is 2. The lowest BCUT2D eigenvalue weighted by molar-refractivity contribution is -0.125. The molecule has 0 bridgehead atoms. The second kappa shape index (κ2) is 11.6.